The van der Waals surface area contributed by atoms with E-state index in [1.54, 1.807) is 19.1 Å². The number of carbonyl (C=O) groups is 1. The molecule has 0 aliphatic rings. The first-order valence-corrected chi connectivity index (χ1v) is 5.88. The van der Waals surface area contributed by atoms with Crippen LogP contribution >= 0.6 is 0 Å². The summed E-state index contributed by atoms with van der Waals surface area (Å²) < 4.78 is 6.82. The Bertz CT molecular complexity index is 702. The first-order chi connectivity index (χ1) is 8.95. The van der Waals surface area contributed by atoms with Gasteiger partial charge in [0.05, 0.1) is 12.6 Å². The Labute approximate surface area is 110 Å². The molecule has 1 aromatic heterocycles. The number of hydrogen-bond donors (Lipinski definition) is 1. The van der Waals surface area contributed by atoms with Crippen molar-refractivity contribution in [2.75, 3.05) is 7.11 Å². The largest absolute Gasteiger partial charge is 0.495 e. The van der Waals surface area contributed by atoms with Crippen LogP contribution in [0.4, 0.5) is 0 Å². The van der Waals surface area contributed by atoms with Gasteiger partial charge in [-0.15, -0.1) is 0 Å². The summed E-state index contributed by atoms with van der Waals surface area (Å²) in [5.41, 5.74) is 1.25. The van der Waals surface area contributed by atoms with E-state index in [9.17, 15) is 9.59 Å². The lowest BCUT2D eigenvalue weighted by molar-refractivity contribution is -0.140. The molecular weight excluding hydrogens is 246 g/mol. The third-order valence-corrected chi connectivity index (χ3v) is 3.12. The molecule has 0 bridgehead atoms. The van der Waals surface area contributed by atoms with Crippen LogP contribution in [0.2, 0.25) is 0 Å². The summed E-state index contributed by atoms with van der Waals surface area (Å²) in [6.45, 7) is 3.42. The van der Waals surface area contributed by atoms with E-state index >= 15 is 0 Å². The molecule has 0 saturated heterocycles. The number of methoxy groups -OCH3 is 1. The van der Waals surface area contributed by atoms with Crippen molar-refractivity contribution in [1.82, 2.24) is 4.57 Å². The summed E-state index contributed by atoms with van der Waals surface area (Å²) in [7, 11) is 1.50. The molecule has 0 radical (unpaired) electrons. The van der Waals surface area contributed by atoms with Gasteiger partial charge in [0.15, 0.2) is 5.43 Å². The summed E-state index contributed by atoms with van der Waals surface area (Å²) in [6.07, 6.45) is 1.49. The van der Waals surface area contributed by atoms with Crippen molar-refractivity contribution in [2.24, 2.45) is 0 Å². The summed E-state index contributed by atoms with van der Waals surface area (Å²) in [5, 5.41) is 9.61. The predicted molar refractivity (Wildman–Crippen MR) is 71.8 cm³/mol. The zero-order chi connectivity index (χ0) is 14.2. The normalized spacial score (nSPS) is 12.4. The molecule has 0 fully saturated rings. The third kappa shape index (κ3) is 2.19. The van der Waals surface area contributed by atoms with Crippen LogP contribution in [0.3, 0.4) is 0 Å². The predicted octanol–water partition coefficient (Wildman–Crippen LogP) is 1.96. The van der Waals surface area contributed by atoms with Gasteiger partial charge in [0, 0.05) is 17.6 Å². The van der Waals surface area contributed by atoms with Gasteiger partial charge in [-0.3, -0.25) is 4.79 Å². The molecule has 5 heteroatoms. The van der Waals surface area contributed by atoms with E-state index in [1.165, 1.54) is 23.9 Å². The third-order valence-electron chi connectivity index (χ3n) is 3.12. The van der Waals surface area contributed by atoms with Crippen LogP contribution in [-0.2, 0) is 4.79 Å². The van der Waals surface area contributed by atoms with Crippen molar-refractivity contribution in [2.45, 2.75) is 19.9 Å². The van der Waals surface area contributed by atoms with E-state index in [2.05, 4.69) is 0 Å². The number of aryl methyl sites for hydroxylation is 1. The van der Waals surface area contributed by atoms with Crippen LogP contribution in [0.25, 0.3) is 10.9 Å². The standard InChI is InChI=1S/C14H15NO4/c1-8-6-10-11(16)4-5-15(9(2)14(17)18)13(10)12(7-8)19-3/h4-7,9H,1-3H3,(H,17,18)/t9-/m1/s1. The zero-order valence-electron chi connectivity index (χ0n) is 11.0. The van der Waals surface area contributed by atoms with Crippen molar-refractivity contribution in [1.29, 1.82) is 0 Å². The smallest absolute Gasteiger partial charge is 0.326 e. The van der Waals surface area contributed by atoms with Gasteiger partial charge in [0.1, 0.15) is 11.8 Å². The lowest BCUT2D eigenvalue weighted by Crippen LogP contribution is -2.19. The number of carboxylic acids is 1. The van der Waals surface area contributed by atoms with Crippen molar-refractivity contribution in [3.05, 3.63) is 40.2 Å². The summed E-state index contributed by atoms with van der Waals surface area (Å²) in [4.78, 5) is 23.1. The first-order valence-electron chi connectivity index (χ1n) is 5.88. The Kier molecular flexibility index (Phi) is 3.29. The Morgan fingerprint density at radius 2 is 2.11 bits per heavy atom. The van der Waals surface area contributed by atoms with Crippen LogP contribution in [-0.4, -0.2) is 22.8 Å². The molecular formula is C14H15NO4. The fourth-order valence-electron chi connectivity index (χ4n) is 2.11. The molecule has 19 heavy (non-hydrogen) atoms. The molecule has 1 N–H and O–H groups in total. The molecule has 1 atom stereocenters. The summed E-state index contributed by atoms with van der Waals surface area (Å²) in [6, 6.07) is 4.12. The highest BCUT2D eigenvalue weighted by Gasteiger charge is 2.18. The topological polar surface area (TPSA) is 68.5 Å². The second-order valence-electron chi connectivity index (χ2n) is 4.46. The van der Waals surface area contributed by atoms with Gasteiger partial charge >= 0.3 is 5.97 Å². The maximum Gasteiger partial charge on any atom is 0.326 e. The van der Waals surface area contributed by atoms with Crippen molar-refractivity contribution in [3.8, 4) is 5.75 Å². The molecule has 0 spiro atoms. The Hall–Kier alpha value is -2.30. The maximum absolute atomic E-state index is 11.9. The number of nitrogens with zero attached hydrogens (tertiary/aromatic N) is 1. The van der Waals surface area contributed by atoms with Gasteiger partial charge in [0.2, 0.25) is 0 Å². The van der Waals surface area contributed by atoms with E-state index in [0.717, 1.165) is 5.56 Å². The number of hydrogen-bond acceptors (Lipinski definition) is 3. The van der Waals surface area contributed by atoms with E-state index in [-0.39, 0.29) is 5.43 Å². The van der Waals surface area contributed by atoms with E-state index in [4.69, 9.17) is 9.84 Å². The Morgan fingerprint density at radius 1 is 1.42 bits per heavy atom. The monoisotopic (exact) mass is 261 g/mol. The highest BCUT2D eigenvalue weighted by Crippen LogP contribution is 2.27. The number of aliphatic carboxylic acids is 1. The molecule has 0 aliphatic carbocycles. The van der Waals surface area contributed by atoms with E-state index in [0.29, 0.717) is 16.7 Å². The zero-order valence-corrected chi connectivity index (χ0v) is 11.0. The first kappa shape index (κ1) is 13.1. The fraction of sp³-hybridized carbons (Fsp3) is 0.286. The number of pyridine rings is 1. The molecule has 0 saturated carbocycles. The van der Waals surface area contributed by atoms with Gasteiger partial charge in [-0.2, -0.15) is 0 Å². The molecule has 5 nitrogen and oxygen atoms in total. The van der Waals surface area contributed by atoms with Gasteiger partial charge in [-0.05, 0) is 31.5 Å². The van der Waals surface area contributed by atoms with Crippen molar-refractivity contribution < 1.29 is 14.6 Å². The summed E-state index contributed by atoms with van der Waals surface area (Å²) in [5.74, 6) is -0.464. The van der Waals surface area contributed by atoms with Gasteiger partial charge < -0.3 is 14.4 Å². The molecule has 2 rings (SSSR count). The maximum atomic E-state index is 11.9. The lowest BCUT2D eigenvalue weighted by atomic mass is 10.1. The lowest BCUT2D eigenvalue weighted by Gasteiger charge is -2.17. The molecule has 1 heterocycles. The minimum atomic E-state index is -0.965. The highest BCUT2D eigenvalue weighted by atomic mass is 16.5. The summed E-state index contributed by atoms with van der Waals surface area (Å²) >= 11 is 0. The van der Waals surface area contributed by atoms with Crippen LogP contribution in [0.1, 0.15) is 18.5 Å². The Balaban J connectivity index is 2.91. The highest BCUT2D eigenvalue weighted by molar-refractivity contribution is 5.87. The molecule has 100 valence electrons. The number of rotatable bonds is 3. The van der Waals surface area contributed by atoms with E-state index < -0.39 is 12.0 Å². The number of aromatic nitrogens is 1. The minimum absolute atomic E-state index is 0.147. The van der Waals surface area contributed by atoms with Gasteiger partial charge in [-0.25, -0.2) is 4.79 Å². The molecule has 0 aliphatic heterocycles. The average Bonchev–Trinajstić information content (AvgIpc) is 2.38. The quantitative estimate of drug-likeness (QED) is 0.917. The van der Waals surface area contributed by atoms with Gasteiger partial charge in [-0.1, -0.05) is 0 Å². The SMILES string of the molecule is COc1cc(C)cc2c(=O)ccn([C@H](C)C(=O)O)c12. The fourth-order valence-corrected chi connectivity index (χ4v) is 2.11. The number of ether oxygens (including phenoxy) is 1. The molecule has 0 amide bonds. The van der Waals surface area contributed by atoms with Gasteiger partial charge in [0.25, 0.3) is 0 Å². The van der Waals surface area contributed by atoms with Crippen LogP contribution in [0, 0.1) is 6.92 Å². The second-order valence-corrected chi connectivity index (χ2v) is 4.46. The van der Waals surface area contributed by atoms with E-state index in [1.807, 2.05) is 6.92 Å². The number of benzene rings is 1. The molecule has 1 aromatic carbocycles. The van der Waals surface area contributed by atoms with Crippen LogP contribution in [0.5, 0.6) is 5.75 Å². The minimum Gasteiger partial charge on any atom is -0.495 e. The van der Waals surface area contributed by atoms with Crippen LogP contribution < -0.4 is 10.2 Å². The molecule has 0 unspecified atom stereocenters. The second kappa shape index (κ2) is 4.76. The number of carboxylic acid groups (broad SMARTS) is 1. The number of fused-ring (bicyclic) bond motifs is 1. The van der Waals surface area contributed by atoms with Crippen molar-refractivity contribution >= 4 is 16.9 Å². The average molecular weight is 261 g/mol. The molecule has 2 aromatic rings. The Morgan fingerprint density at radius 3 is 2.68 bits per heavy atom. The van der Waals surface area contributed by atoms with Crippen molar-refractivity contribution in [3.63, 3.8) is 0 Å². The van der Waals surface area contributed by atoms with Crippen LogP contribution in [0.15, 0.2) is 29.2 Å².